The summed E-state index contributed by atoms with van der Waals surface area (Å²) in [6.07, 6.45) is 6.99. The van der Waals surface area contributed by atoms with Gasteiger partial charge in [-0.25, -0.2) is 18.4 Å². The molecule has 3 aliphatic rings. The van der Waals surface area contributed by atoms with Gasteiger partial charge < -0.3 is 4.90 Å². The van der Waals surface area contributed by atoms with Crippen LogP contribution in [-0.4, -0.2) is 55.1 Å². The zero-order valence-corrected chi connectivity index (χ0v) is 13.8. The zero-order valence-electron chi connectivity index (χ0n) is 13.0. The Bertz CT molecular complexity index is 692. The highest BCUT2D eigenvalue weighted by atomic mass is 32.2. The fraction of sp³-hybridized carbons (Fsp3) is 0.733. The molecule has 2 aliphatic carbocycles. The lowest BCUT2D eigenvalue weighted by Crippen LogP contribution is -2.49. The predicted octanol–water partition coefficient (Wildman–Crippen LogP) is 0.924. The van der Waals surface area contributed by atoms with Crippen LogP contribution in [-0.2, 0) is 22.9 Å². The molecule has 0 amide bonds. The normalized spacial score (nSPS) is 22.9. The molecule has 1 aromatic heterocycles. The monoisotopic (exact) mass is 322 g/mol. The van der Waals surface area contributed by atoms with Crippen molar-refractivity contribution < 1.29 is 8.42 Å². The fourth-order valence-electron chi connectivity index (χ4n) is 3.45. The van der Waals surface area contributed by atoms with E-state index in [1.165, 1.54) is 30.4 Å². The number of anilines is 1. The van der Waals surface area contributed by atoms with Crippen LogP contribution in [0.3, 0.4) is 0 Å². The summed E-state index contributed by atoms with van der Waals surface area (Å²) >= 11 is 0. The molecule has 0 unspecified atom stereocenters. The van der Waals surface area contributed by atoms with Crippen LogP contribution in [0.4, 0.5) is 5.82 Å². The third-order valence-corrected chi connectivity index (χ3v) is 6.18. The Morgan fingerprint density at radius 2 is 1.77 bits per heavy atom. The van der Waals surface area contributed by atoms with Crippen molar-refractivity contribution in [3.63, 3.8) is 0 Å². The molecule has 1 aromatic rings. The van der Waals surface area contributed by atoms with Crippen LogP contribution in [0.1, 0.15) is 42.3 Å². The summed E-state index contributed by atoms with van der Waals surface area (Å²) in [6, 6.07) is 0. The summed E-state index contributed by atoms with van der Waals surface area (Å²) in [5.74, 6) is 2.65. The molecule has 0 atom stereocenters. The molecule has 0 N–H and O–H groups in total. The SMILES string of the molecule is CS(=O)(=O)N1CCN(c2nc(C3CC3)nc3c2CCC3)CC1. The van der Waals surface area contributed by atoms with E-state index in [-0.39, 0.29) is 0 Å². The highest BCUT2D eigenvalue weighted by Crippen LogP contribution is 2.40. The Morgan fingerprint density at radius 1 is 1.05 bits per heavy atom. The van der Waals surface area contributed by atoms with Gasteiger partial charge in [-0.1, -0.05) is 0 Å². The Labute approximate surface area is 131 Å². The summed E-state index contributed by atoms with van der Waals surface area (Å²) in [5, 5.41) is 0. The smallest absolute Gasteiger partial charge is 0.211 e. The minimum absolute atomic E-state index is 0.552. The van der Waals surface area contributed by atoms with Gasteiger partial charge in [-0.3, -0.25) is 0 Å². The third kappa shape index (κ3) is 2.60. The maximum absolute atomic E-state index is 11.7. The van der Waals surface area contributed by atoms with Gasteiger partial charge in [0.05, 0.1) is 6.26 Å². The van der Waals surface area contributed by atoms with Gasteiger partial charge in [0.25, 0.3) is 0 Å². The van der Waals surface area contributed by atoms with Gasteiger partial charge >= 0.3 is 0 Å². The van der Waals surface area contributed by atoms with Crippen molar-refractivity contribution in [1.29, 1.82) is 0 Å². The molecule has 4 rings (SSSR count). The average molecular weight is 322 g/mol. The topological polar surface area (TPSA) is 66.4 Å². The second kappa shape index (κ2) is 5.16. The van der Waals surface area contributed by atoms with Crippen LogP contribution < -0.4 is 4.90 Å². The number of fused-ring (bicyclic) bond motifs is 1. The van der Waals surface area contributed by atoms with Gasteiger partial charge in [0.1, 0.15) is 11.6 Å². The Hall–Kier alpha value is -1.21. The van der Waals surface area contributed by atoms with Gasteiger partial charge in [-0.2, -0.15) is 4.31 Å². The highest BCUT2D eigenvalue weighted by Gasteiger charge is 2.32. The lowest BCUT2D eigenvalue weighted by Gasteiger charge is -2.35. The van der Waals surface area contributed by atoms with Crippen LogP contribution in [0.5, 0.6) is 0 Å². The first kappa shape index (κ1) is 14.4. The van der Waals surface area contributed by atoms with E-state index in [1.54, 1.807) is 4.31 Å². The van der Waals surface area contributed by atoms with Gasteiger partial charge in [0, 0.05) is 43.4 Å². The molecule has 6 nitrogen and oxygen atoms in total. The minimum Gasteiger partial charge on any atom is -0.354 e. The van der Waals surface area contributed by atoms with E-state index in [2.05, 4.69) is 4.90 Å². The van der Waals surface area contributed by atoms with E-state index >= 15 is 0 Å². The lowest BCUT2D eigenvalue weighted by atomic mass is 10.2. The predicted molar refractivity (Wildman–Crippen MR) is 84.7 cm³/mol. The molecule has 22 heavy (non-hydrogen) atoms. The van der Waals surface area contributed by atoms with E-state index in [9.17, 15) is 8.42 Å². The van der Waals surface area contributed by atoms with Gasteiger partial charge in [-0.05, 0) is 32.1 Å². The number of piperazine rings is 1. The van der Waals surface area contributed by atoms with Crippen LogP contribution in [0, 0.1) is 0 Å². The van der Waals surface area contributed by atoms with Crippen LogP contribution >= 0.6 is 0 Å². The summed E-state index contributed by atoms with van der Waals surface area (Å²) in [7, 11) is -3.08. The van der Waals surface area contributed by atoms with Crippen LogP contribution in [0.2, 0.25) is 0 Å². The molecule has 1 aliphatic heterocycles. The van der Waals surface area contributed by atoms with Crippen molar-refractivity contribution in [2.45, 2.75) is 38.0 Å². The Kier molecular flexibility index (Phi) is 3.38. The Morgan fingerprint density at radius 3 is 2.41 bits per heavy atom. The van der Waals surface area contributed by atoms with E-state index in [4.69, 9.17) is 9.97 Å². The van der Waals surface area contributed by atoms with Crippen LogP contribution in [0.25, 0.3) is 0 Å². The number of aryl methyl sites for hydroxylation is 1. The lowest BCUT2D eigenvalue weighted by molar-refractivity contribution is 0.386. The van der Waals surface area contributed by atoms with E-state index in [0.717, 1.165) is 44.0 Å². The average Bonchev–Trinajstić information content (AvgIpc) is 3.23. The first-order valence-electron chi connectivity index (χ1n) is 8.12. The first-order chi connectivity index (χ1) is 10.5. The van der Waals surface area contributed by atoms with Crippen molar-refractivity contribution >= 4 is 15.8 Å². The standard InChI is InChI=1S/C15H22N4O2S/c1-22(20,21)19-9-7-18(8-10-19)15-12-3-2-4-13(12)16-14(17-15)11-5-6-11/h11H,2-10H2,1H3. The second-order valence-corrected chi connectivity index (χ2v) is 8.59. The second-order valence-electron chi connectivity index (χ2n) is 6.61. The molecular weight excluding hydrogens is 300 g/mol. The molecule has 2 fully saturated rings. The van der Waals surface area contributed by atoms with Crippen molar-refractivity contribution in [2.75, 3.05) is 37.3 Å². The molecular formula is C15H22N4O2S. The molecule has 1 saturated heterocycles. The fourth-order valence-corrected chi connectivity index (χ4v) is 4.28. The maximum atomic E-state index is 11.7. The minimum atomic E-state index is -3.08. The molecule has 0 spiro atoms. The first-order valence-corrected chi connectivity index (χ1v) is 9.97. The number of aromatic nitrogens is 2. The quantitative estimate of drug-likeness (QED) is 0.828. The summed E-state index contributed by atoms with van der Waals surface area (Å²) < 4.78 is 24.9. The molecule has 0 aromatic carbocycles. The number of nitrogens with zero attached hydrogens (tertiary/aromatic N) is 4. The van der Waals surface area contributed by atoms with Crippen molar-refractivity contribution in [1.82, 2.24) is 14.3 Å². The summed E-state index contributed by atoms with van der Waals surface area (Å²) in [5.41, 5.74) is 2.54. The molecule has 1 saturated carbocycles. The zero-order chi connectivity index (χ0) is 15.3. The Balaban J connectivity index is 1.60. The number of hydrogen-bond donors (Lipinski definition) is 0. The van der Waals surface area contributed by atoms with Crippen molar-refractivity contribution in [3.05, 3.63) is 17.1 Å². The number of hydrogen-bond acceptors (Lipinski definition) is 5. The summed E-state index contributed by atoms with van der Waals surface area (Å²) in [6.45, 7) is 2.55. The van der Waals surface area contributed by atoms with E-state index in [1.807, 2.05) is 0 Å². The van der Waals surface area contributed by atoms with Gasteiger partial charge in [0.15, 0.2) is 0 Å². The van der Waals surface area contributed by atoms with Gasteiger partial charge in [-0.15, -0.1) is 0 Å². The summed E-state index contributed by atoms with van der Waals surface area (Å²) in [4.78, 5) is 11.9. The van der Waals surface area contributed by atoms with Crippen LogP contribution in [0.15, 0.2) is 0 Å². The maximum Gasteiger partial charge on any atom is 0.211 e. The van der Waals surface area contributed by atoms with E-state index < -0.39 is 10.0 Å². The molecule has 120 valence electrons. The number of rotatable bonds is 3. The van der Waals surface area contributed by atoms with Gasteiger partial charge in [0.2, 0.25) is 10.0 Å². The molecule has 7 heteroatoms. The third-order valence-electron chi connectivity index (χ3n) is 4.88. The largest absolute Gasteiger partial charge is 0.354 e. The van der Waals surface area contributed by atoms with Crippen molar-refractivity contribution in [2.24, 2.45) is 0 Å². The number of sulfonamides is 1. The molecule has 0 radical (unpaired) electrons. The molecule has 0 bridgehead atoms. The molecule has 2 heterocycles. The van der Waals surface area contributed by atoms with Crippen molar-refractivity contribution in [3.8, 4) is 0 Å². The van der Waals surface area contributed by atoms with E-state index in [0.29, 0.717) is 19.0 Å². The highest BCUT2D eigenvalue weighted by molar-refractivity contribution is 7.88.